The molecule has 0 spiro atoms. The van der Waals surface area contributed by atoms with Crippen molar-refractivity contribution < 1.29 is 42.1 Å². The van der Waals surface area contributed by atoms with Crippen molar-refractivity contribution in [3.63, 3.8) is 0 Å². The number of carbonyl (C=O) groups is 3. The molecule has 0 fully saturated rings. The predicted octanol–water partition coefficient (Wildman–Crippen LogP) is 6.00. The number of pyridine rings is 1. The maximum absolute atomic E-state index is 14.1. The summed E-state index contributed by atoms with van der Waals surface area (Å²) in [6.45, 7) is 12.5. The number of hydrogen-bond donors (Lipinski definition) is 2. The summed E-state index contributed by atoms with van der Waals surface area (Å²) >= 11 is 1.25. The highest BCUT2D eigenvalue weighted by Gasteiger charge is 2.38. The van der Waals surface area contributed by atoms with E-state index in [0.717, 1.165) is 5.39 Å². The second kappa shape index (κ2) is 17.2. The third-order valence-electron chi connectivity index (χ3n) is 7.27. The van der Waals surface area contributed by atoms with Crippen molar-refractivity contribution in [1.82, 2.24) is 14.8 Å². The largest absolute Gasteiger partial charge is 0.490 e. The molecular formula is C34H40F3N3O7S. The molecule has 0 aliphatic heterocycles. The number of Topliss-reactive ketones (excluding diaryl/α,β-unsaturated/α-hetero) is 1. The van der Waals surface area contributed by atoms with Crippen LogP contribution in [0.25, 0.3) is 21.0 Å². The second-order valence-electron chi connectivity index (χ2n) is 11.2. The van der Waals surface area contributed by atoms with Gasteiger partial charge in [-0.2, -0.15) is 13.2 Å². The molecule has 2 heterocycles. The summed E-state index contributed by atoms with van der Waals surface area (Å²) in [6, 6.07) is 17.1. The number of ketones is 1. The zero-order valence-corrected chi connectivity index (χ0v) is 28.2. The van der Waals surface area contributed by atoms with Crippen LogP contribution in [0.4, 0.5) is 13.2 Å². The molecule has 0 aliphatic carbocycles. The number of nitrogens with zero attached hydrogens (tertiary/aromatic N) is 2. The first-order valence-corrected chi connectivity index (χ1v) is 16.2. The number of para-hydroxylation sites is 1. The van der Waals surface area contributed by atoms with Crippen molar-refractivity contribution in [3.05, 3.63) is 75.4 Å². The molecule has 2 aromatic heterocycles. The van der Waals surface area contributed by atoms with Gasteiger partial charge in [0.25, 0.3) is 11.5 Å². The number of carboxylic acid groups (broad SMARTS) is 1. The monoisotopic (exact) mass is 691 g/mol. The number of amides is 1. The van der Waals surface area contributed by atoms with E-state index >= 15 is 0 Å². The van der Waals surface area contributed by atoms with Crippen molar-refractivity contribution in [2.24, 2.45) is 0 Å². The summed E-state index contributed by atoms with van der Waals surface area (Å²) in [4.78, 5) is 52.3. The van der Waals surface area contributed by atoms with Crippen LogP contribution in [0.2, 0.25) is 0 Å². The number of benzene rings is 2. The Labute approximate surface area is 280 Å². The molecule has 1 amide bonds. The molecule has 260 valence electrons. The number of rotatable bonds is 14. The molecule has 0 saturated carbocycles. The van der Waals surface area contributed by atoms with Gasteiger partial charge in [0.05, 0.1) is 23.4 Å². The molecule has 0 aliphatic rings. The lowest BCUT2D eigenvalue weighted by molar-refractivity contribution is -0.192. The minimum atomic E-state index is -5.08. The van der Waals surface area contributed by atoms with Gasteiger partial charge in [0.15, 0.2) is 11.5 Å². The zero-order valence-electron chi connectivity index (χ0n) is 27.4. The Hall–Kier alpha value is -4.27. The van der Waals surface area contributed by atoms with E-state index in [1.54, 1.807) is 24.3 Å². The fraction of sp³-hybridized carbons (Fsp3) is 0.412. The predicted molar refractivity (Wildman–Crippen MR) is 179 cm³/mol. The van der Waals surface area contributed by atoms with Crippen LogP contribution in [0.3, 0.4) is 0 Å². The van der Waals surface area contributed by atoms with E-state index in [4.69, 9.17) is 19.4 Å². The van der Waals surface area contributed by atoms with Crippen LogP contribution in [-0.2, 0) is 16.1 Å². The van der Waals surface area contributed by atoms with Gasteiger partial charge in [-0.1, -0.05) is 48.5 Å². The molecule has 48 heavy (non-hydrogen) atoms. The number of carbonyl (C=O) groups excluding carboxylic acids is 2. The highest BCUT2D eigenvalue weighted by molar-refractivity contribution is 7.22. The number of fused-ring (bicyclic) bond motifs is 3. The zero-order chi connectivity index (χ0) is 35.6. The Kier molecular flexibility index (Phi) is 13.7. The number of ether oxygens (including phenoxy) is 2. The van der Waals surface area contributed by atoms with Crippen LogP contribution in [0, 0.1) is 0 Å². The molecule has 14 heteroatoms. The van der Waals surface area contributed by atoms with E-state index < -0.39 is 12.1 Å². The molecule has 0 unspecified atom stereocenters. The maximum Gasteiger partial charge on any atom is 0.490 e. The summed E-state index contributed by atoms with van der Waals surface area (Å²) in [7, 11) is 0. The highest BCUT2D eigenvalue weighted by atomic mass is 32.1. The maximum atomic E-state index is 14.1. The Morgan fingerprint density at radius 2 is 1.58 bits per heavy atom. The summed E-state index contributed by atoms with van der Waals surface area (Å²) in [6.07, 6.45) is -5.08. The molecule has 2 aromatic carbocycles. The number of halogens is 3. The van der Waals surface area contributed by atoms with E-state index in [1.165, 1.54) is 15.9 Å². The van der Waals surface area contributed by atoms with Crippen LogP contribution in [0.15, 0.2) is 59.4 Å². The average molecular weight is 692 g/mol. The van der Waals surface area contributed by atoms with Crippen LogP contribution < -0.4 is 15.6 Å². The minimum absolute atomic E-state index is 0.130. The van der Waals surface area contributed by atoms with Crippen LogP contribution in [0.5, 0.6) is 5.75 Å². The standard InChI is InChI=1S/C32H39N3O5S.C2HF3O2/c1-6-39-18-19-40-28-27-29(41-30(28)31(37)33-16-17-34(21(2)3)22(4)5)24-14-10-11-15-25(24)35(32(27)38)20-26(36)23-12-8-7-9-13-23;3-2(4,5)1(6)7/h7-15,21-22H,6,16-20H2,1-5H3,(H,33,37);(H,6,7). The Bertz CT molecular complexity index is 1760. The van der Waals surface area contributed by atoms with Gasteiger partial charge >= 0.3 is 12.1 Å². The summed E-state index contributed by atoms with van der Waals surface area (Å²) in [5.41, 5.74) is 0.794. The second-order valence-corrected chi connectivity index (χ2v) is 12.2. The van der Waals surface area contributed by atoms with Crippen molar-refractivity contribution in [3.8, 4) is 5.75 Å². The molecule has 0 bridgehead atoms. The van der Waals surface area contributed by atoms with Crippen molar-refractivity contribution in [1.29, 1.82) is 0 Å². The van der Waals surface area contributed by atoms with Gasteiger partial charge in [-0.05, 0) is 40.7 Å². The van der Waals surface area contributed by atoms with E-state index in [2.05, 4.69) is 37.9 Å². The van der Waals surface area contributed by atoms with Crippen LogP contribution in [0.1, 0.15) is 54.6 Å². The van der Waals surface area contributed by atoms with E-state index in [1.807, 2.05) is 37.3 Å². The Balaban J connectivity index is 0.000000804. The molecule has 4 aromatic rings. The topological polar surface area (TPSA) is 127 Å². The normalized spacial score (nSPS) is 11.6. The number of thiophene rings is 1. The number of alkyl halides is 3. The molecule has 0 atom stereocenters. The average Bonchev–Trinajstić information content (AvgIpc) is 3.43. The Morgan fingerprint density at radius 3 is 2.17 bits per heavy atom. The first kappa shape index (κ1) is 38.2. The lowest BCUT2D eigenvalue weighted by Gasteiger charge is -2.30. The van der Waals surface area contributed by atoms with E-state index in [-0.39, 0.29) is 36.2 Å². The first-order valence-electron chi connectivity index (χ1n) is 15.4. The fourth-order valence-corrected chi connectivity index (χ4v) is 6.27. The van der Waals surface area contributed by atoms with Gasteiger partial charge in [-0.3, -0.25) is 23.9 Å². The molecule has 4 rings (SSSR count). The lowest BCUT2D eigenvalue weighted by atomic mass is 10.1. The molecule has 2 N–H and O–H groups in total. The number of aromatic nitrogens is 1. The minimum Gasteiger partial charge on any atom is -0.489 e. The van der Waals surface area contributed by atoms with Crippen molar-refractivity contribution in [2.75, 3.05) is 32.9 Å². The number of aliphatic carboxylic acids is 1. The van der Waals surface area contributed by atoms with Gasteiger partial charge in [-0.25, -0.2) is 4.79 Å². The van der Waals surface area contributed by atoms with Crippen LogP contribution >= 0.6 is 11.3 Å². The SMILES string of the molecule is CCOCCOc1c(C(=O)NCCN(C(C)C)C(C)C)sc2c1c(=O)n(CC(=O)c1ccccc1)c1ccccc21.O=C(O)C(F)(F)F. The van der Waals surface area contributed by atoms with Gasteiger partial charge < -0.3 is 19.9 Å². The van der Waals surface area contributed by atoms with Crippen LogP contribution in [-0.4, -0.2) is 83.4 Å². The Morgan fingerprint density at radius 1 is 0.979 bits per heavy atom. The van der Waals surface area contributed by atoms with Gasteiger partial charge in [0, 0.05) is 42.7 Å². The van der Waals surface area contributed by atoms with E-state index in [9.17, 15) is 27.6 Å². The van der Waals surface area contributed by atoms with Crippen molar-refractivity contribution >= 4 is 50.0 Å². The third kappa shape index (κ3) is 9.64. The summed E-state index contributed by atoms with van der Waals surface area (Å²) in [5, 5.41) is 11.3. The molecule has 0 radical (unpaired) electrons. The summed E-state index contributed by atoms with van der Waals surface area (Å²) < 4.78 is 45.4. The fourth-order valence-electron chi connectivity index (χ4n) is 5.09. The first-order chi connectivity index (χ1) is 22.7. The lowest BCUT2D eigenvalue weighted by Crippen LogP contribution is -2.42. The molecule has 0 saturated heterocycles. The summed E-state index contributed by atoms with van der Waals surface area (Å²) in [5.74, 6) is -2.99. The quantitative estimate of drug-likeness (QED) is 0.122. The van der Waals surface area contributed by atoms with E-state index in [0.29, 0.717) is 64.4 Å². The van der Waals surface area contributed by atoms with Gasteiger partial charge in [0.2, 0.25) is 0 Å². The number of nitrogens with one attached hydrogen (secondary N) is 1. The third-order valence-corrected chi connectivity index (χ3v) is 8.47. The highest BCUT2D eigenvalue weighted by Crippen LogP contribution is 2.39. The molecular weight excluding hydrogens is 651 g/mol. The number of carboxylic acids is 1. The van der Waals surface area contributed by atoms with Gasteiger partial charge in [0.1, 0.15) is 16.9 Å². The number of hydrogen-bond acceptors (Lipinski definition) is 8. The smallest absolute Gasteiger partial charge is 0.489 e. The van der Waals surface area contributed by atoms with Gasteiger partial charge in [-0.15, -0.1) is 11.3 Å². The molecule has 10 nitrogen and oxygen atoms in total. The van der Waals surface area contributed by atoms with Crippen molar-refractivity contribution in [2.45, 2.75) is 59.4 Å².